The van der Waals surface area contributed by atoms with E-state index < -0.39 is 0 Å². The number of halogens is 2. The quantitative estimate of drug-likeness (QED) is 0.770. The molecule has 0 saturated carbocycles. The minimum absolute atomic E-state index is 0.00991. The highest BCUT2D eigenvalue weighted by atomic mass is 35.5. The molecule has 0 saturated heterocycles. The number of pyridine rings is 1. The Hall–Kier alpha value is -1.25. The molecule has 0 aliphatic carbocycles. The van der Waals surface area contributed by atoms with E-state index in [0.29, 0.717) is 17.1 Å². The second kappa shape index (κ2) is 6.27. The van der Waals surface area contributed by atoms with E-state index in [4.69, 9.17) is 23.2 Å². The SMILES string of the molecule is CCCn1c(-c2ccc(Cl)cc2)ccc(CCl)c1=O. The normalized spacial score (nSPS) is 10.7. The summed E-state index contributed by atoms with van der Waals surface area (Å²) < 4.78 is 1.78. The molecule has 0 aliphatic rings. The molecule has 4 heteroatoms. The Kier molecular flexibility index (Phi) is 4.67. The lowest BCUT2D eigenvalue weighted by Gasteiger charge is -2.13. The maximum Gasteiger partial charge on any atom is 0.255 e. The summed E-state index contributed by atoms with van der Waals surface area (Å²) in [5.41, 5.74) is 2.51. The van der Waals surface area contributed by atoms with Gasteiger partial charge in [-0.15, -0.1) is 11.6 Å². The molecule has 0 amide bonds. The molecule has 0 unspecified atom stereocenters. The molecule has 0 bridgehead atoms. The summed E-state index contributed by atoms with van der Waals surface area (Å²) in [5.74, 6) is 0.240. The Morgan fingerprint density at radius 1 is 1.11 bits per heavy atom. The highest BCUT2D eigenvalue weighted by Crippen LogP contribution is 2.21. The van der Waals surface area contributed by atoms with Gasteiger partial charge in [0.25, 0.3) is 5.56 Å². The molecule has 0 fully saturated rings. The molecular formula is C15H15Cl2NO. The summed E-state index contributed by atoms with van der Waals surface area (Å²) in [6, 6.07) is 11.2. The van der Waals surface area contributed by atoms with Crippen molar-refractivity contribution >= 4 is 23.2 Å². The third kappa shape index (κ3) is 3.02. The Balaban J connectivity index is 2.59. The fourth-order valence-corrected chi connectivity index (χ4v) is 2.37. The average molecular weight is 296 g/mol. The minimum atomic E-state index is -0.00991. The van der Waals surface area contributed by atoms with Crippen molar-refractivity contribution in [3.05, 3.63) is 57.3 Å². The van der Waals surface area contributed by atoms with Gasteiger partial charge in [0.2, 0.25) is 0 Å². The summed E-state index contributed by atoms with van der Waals surface area (Å²) in [6.07, 6.45) is 0.895. The van der Waals surface area contributed by atoms with E-state index in [1.807, 2.05) is 37.3 Å². The standard InChI is InChI=1S/C15H15Cl2NO/c1-2-9-18-14(8-5-12(10-16)15(18)19)11-3-6-13(17)7-4-11/h3-8H,2,9-10H2,1H3. The summed E-state index contributed by atoms with van der Waals surface area (Å²) in [5, 5.41) is 0.686. The molecule has 100 valence electrons. The number of aromatic nitrogens is 1. The van der Waals surface area contributed by atoms with Crippen molar-refractivity contribution in [3.63, 3.8) is 0 Å². The third-order valence-corrected chi connectivity index (χ3v) is 3.52. The van der Waals surface area contributed by atoms with Crippen molar-refractivity contribution in [1.82, 2.24) is 4.57 Å². The van der Waals surface area contributed by atoms with E-state index in [1.54, 1.807) is 10.6 Å². The van der Waals surface area contributed by atoms with E-state index in [2.05, 4.69) is 0 Å². The predicted molar refractivity (Wildman–Crippen MR) is 81.0 cm³/mol. The van der Waals surface area contributed by atoms with Crippen molar-refractivity contribution in [1.29, 1.82) is 0 Å². The van der Waals surface area contributed by atoms with Crippen LogP contribution in [0.2, 0.25) is 5.02 Å². The first-order valence-electron chi connectivity index (χ1n) is 6.22. The van der Waals surface area contributed by atoms with Gasteiger partial charge in [-0.3, -0.25) is 4.79 Å². The van der Waals surface area contributed by atoms with Gasteiger partial charge in [-0.1, -0.05) is 36.7 Å². The summed E-state index contributed by atoms with van der Waals surface area (Å²) in [4.78, 5) is 12.3. The van der Waals surface area contributed by atoms with Gasteiger partial charge in [0.15, 0.2) is 0 Å². The Labute approximate surface area is 122 Å². The minimum Gasteiger partial charge on any atom is -0.308 e. The zero-order valence-electron chi connectivity index (χ0n) is 10.7. The second-order valence-corrected chi connectivity index (χ2v) is 5.04. The first-order chi connectivity index (χ1) is 9.17. The van der Waals surface area contributed by atoms with Crippen LogP contribution in [0.25, 0.3) is 11.3 Å². The van der Waals surface area contributed by atoms with Crippen LogP contribution in [0.4, 0.5) is 0 Å². The lowest BCUT2D eigenvalue weighted by atomic mass is 10.1. The van der Waals surface area contributed by atoms with E-state index >= 15 is 0 Å². The Morgan fingerprint density at radius 3 is 2.37 bits per heavy atom. The van der Waals surface area contributed by atoms with Crippen molar-refractivity contribution in [3.8, 4) is 11.3 Å². The molecule has 2 nitrogen and oxygen atoms in total. The number of hydrogen-bond acceptors (Lipinski definition) is 1. The molecule has 0 N–H and O–H groups in total. The van der Waals surface area contributed by atoms with Gasteiger partial charge in [0.05, 0.1) is 11.6 Å². The zero-order valence-corrected chi connectivity index (χ0v) is 12.2. The second-order valence-electron chi connectivity index (χ2n) is 4.34. The fraction of sp³-hybridized carbons (Fsp3) is 0.267. The number of alkyl halides is 1. The van der Waals surface area contributed by atoms with Gasteiger partial charge in [0, 0.05) is 17.1 Å². The van der Waals surface area contributed by atoms with Crippen LogP contribution in [0.5, 0.6) is 0 Å². The first-order valence-corrected chi connectivity index (χ1v) is 7.13. The lowest BCUT2D eigenvalue weighted by Crippen LogP contribution is -2.24. The van der Waals surface area contributed by atoms with Crippen molar-refractivity contribution in [2.45, 2.75) is 25.8 Å². The molecule has 0 radical (unpaired) electrons. The van der Waals surface area contributed by atoms with Crippen molar-refractivity contribution in [2.24, 2.45) is 0 Å². The van der Waals surface area contributed by atoms with Gasteiger partial charge >= 0.3 is 0 Å². The van der Waals surface area contributed by atoms with Crippen LogP contribution in [-0.2, 0) is 12.4 Å². The zero-order chi connectivity index (χ0) is 13.8. The van der Waals surface area contributed by atoms with Crippen LogP contribution < -0.4 is 5.56 Å². The number of hydrogen-bond donors (Lipinski definition) is 0. The molecule has 0 spiro atoms. The predicted octanol–water partition coefficient (Wildman–Crippen LogP) is 4.32. The van der Waals surface area contributed by atoms with Crippen LogP contribution in [0.15, 0.2) is 41.2 Å². The molecule has 19 heavy (non-hydrogen) atoms. The van der Waals surface area contributed by atoms with E-state index in [-0.39, 0.29) is 11.4 Å². The largest absolute Gasteiger partial charge is 0.308 e. The molecule has 0 atom stereocenters. The van der Waals surface area contributed by atoms with Crippen LogP contribution in [0, 0.1) is 0 Å². The molecule has 2 aromatic rings. The van der Waals surface area contributed by atoms with Gasteiger partial charge in [-0.2, -0.15) is 0 Å². The highest BCUT2D eigenvalue weighted by molar-refractivity contribution is 6.30. The smallest absolute Gasteiger partial charge is 0.255 e. The molecule has 1 aromatic carbocycles. The monoisotopic (exact) mass is 295 g/mol. The van der Waals surface area contributed by atoms with Crippen LogP contribution in [-0.4, -0.2) is 4.57 Å². The summed E-state index contributed by atoms with van der Waals surface area (Å²) in [7, 11) is 0. The molecular weight excluding hydrogens is 281 g/mol. The van der Waals surface area contributed by atoms with Gasteiger partial charge in [-0.05, 0) is 30.2 Å². The third-order valence-electron chi connectivity index (χ3n) is 2.98. The maximum atomic E-state index is 12.3. The average Bonchev–Trinajstić information content (AvgIpc) is 2.42. The van der Waals surface area contributed by atoms with Crippen LogP contribution in [0.1, 0.15) is 18.9 Å². The number of rotatable bonds is 4. The molecule has 1 heterocycles. The maximum absolute atomic E-state index is 12.3. The summed E-state index contributed by atoms with van der Waals surface area (Å²) >= 11 is 11.7. The number of nitrogens with zero attached hydrogens (tertiary/aromatic N) is 1. The van der Waals surface area contributed by atoms with Gasteiger partial charge in [0.1, 0.15) is 0 Å². The highest BCUT2D eigenvalue weighted by Gasteiger charge is 2.09. The van der Waals surface area contributed by atoms with Crippen molar-refractivity contribution < 1.29 is 0 Å². The fourth-order valence-electron chi connectivity index (χ4n) is 2.04. The van der Waals surface area contributed by atoms with Gasteiger partial charge < -0.3 is 4.57 Å². The lowest BCUT2D eigenvalue weighted by molar-refractivity contribution is 0.657. The topological polar surface area (TPSA) is 22.0 Å². The molecule has 1 aromatic heterocycles. The van der Waals surface area contributed by atoms with E-state index in [0.717, 1.165) is 17.7 Å². The Morgan fingerprint density at radius 2 is 1.79 bits per heavy atom. The van der Waals surface area contributed by atoms with E-state index in [9.17, 15) is 4.79 Å². The van der Waals surface area contributed by atoms with Crippen molar-refractivity contribution in [2.75, 3.05) is 0 Å². The number of benzene rings is 1. The molecule has 2 rings (SSSR count). The first kappa shape index (κ1) is 14.2. The van der Waals surface area contributed by atoms with Crippen LogP contribution >= 0.6 is 23.2 Å². The molecule has 0 aliphatic heterocycles. The van der Waals surface area contributed by atoms with Gasteiger partial charge in [-0.25, -0.2) is 0 Å². The van der Waals surface area contributed by atoms with E-state index in [1.165, 1.54) is 0 Å². The van der Waals surface area contributed by atoms with Crippen LogP contribution in [0.3, 0.4) is 0 Å². The summed E-state index contributed by atoms with van der Waals surface area (Å²) in [6.45, 7) is 2.73. The Bertz CT molecular complexity index is 617.